The summed E-state index contributed by atoms with van der Waals surface area (Å²) in [5, 5.41) is 39.4. The Kier molecular flexibility index (Phi) is 4.91. The van der Waals surface area contributed by atoms with Crippen molar-refractivity contribution in [2.75, 3.05) is 13.1 Å². The number of nitriles is 1. The fourth-order valence-electron chi connectivity index (χ4n) is 2.46. The second-order valence-corrected chi connectivity index (χ2v) is 5.33. The van der Waals surface area contributed by atoms with Gasteiger partial charge in [-0.1, -0.05) is 0 Å². The van der Waals surface area contributed by atoms with E-state index in [0.717, 1.165) is 12.1 Å². The largest absolute Gasteiger partial charge is 0.504 e. The molecule has 0 unspecified atom stereocenters. The first kappa shape index (κ1) is 16.4. The van der Waals surface area contributed by atoms with Crippen molar-refractivity contribution in [1.29, 1.82) is 5.26 Å². The van der Waals surface area contributed by atoms with Gasteiger partial charge in [0.2, 0.25) is 5.91 Å². The molecule has 8 heteroatoms. The first-order chi connectivity index (χ1) is 10.9. The van der Waals surface area contributed by atoms with Gasteiger partial charge >= 0.3 is 0 Å². The molecule has 0 radical (unpaired) electrons. The van der Waals surface area contributed by atoms with Crippen LogP contribution in [0.15, 0.2) is 12.1 Å². The third kappa shape index (κ3) is 3.83. The Morgan fingerprint density at radius 2 is 1.78 bits per heavy atom. The van der Waals surface area contributed by atoms with Gasteiger partial charge in [-0.15, -0.1) is 0 Å². The lowest BCUT2D eigenvalue weighted by Gasteiger charge is -2.32. The molecule has 1 fully saturated rings. The van der Waals surface area contributed by atoms with Crippen molar-refractivity contribution in [1.82, 2.24) is 10.2 Å². The minimum absolute atomic E-state index is 0.0285. The molecule has 1 aliphatic rings. The molecule has 1 saturated heterocycles. The monoisotopic (exact) mass is 319 g/mol. The number of aromatic hydroxyl groups is 3. The number of benzene rings is 1. The van der Waals surface area contributed by atoms with E-state index in [1.54, 1.807) is 4.90 Å². The van der Waals surface area contributed by atoms with Crippen LogP contribution >= 0.6 is 0 Å². The van der Waals surface area contributed by atoms with Crippen LogP contribution in [0.1, 0.15) is 29.6 Å². The Labute approximate surface area is 132 Å². The zero-order valence-electron chi connectivity index (χ0n) is 12.3. The number of nitrogens with zero attached hydrogens (tertiary/aromatic N) is 2. The molecule has 1 heterocycles. The summed E-state index contributed by atoms with van der Waals surface area (Å²) in [5.41, 5.74) is 0.0285. The highest BCUT2D eigenvalue weighted by Gasteiger charge is 2.24. The lowest BCUT2D eigenvalue weighted by atomic mass is 10.0. The molecule has 0 bridgehead atoms. The highest BCUT2D eigenvalue weighted by molar-refractivity contribution is 5.95. The first-order valence-electron chi connectivity index (χ1n) is 7.13. The molecule has 0 spiro atoms. The number of carbonyl (C=O) groups excluding carboxylic acids is 2. The van der Waals surface area contributed by atoms with E-state index in [1.165, 1.54) is 0 Å². The number of hydrogen-bond acceptors (Lipinski definition) is 6. The quantitative estimate of drug-likeness (QED) is 0.597. The van der Waals surface area contributed by atoms with E-state index < -0.39 is 23.2 Å². The van der Waals surface area contributed by atoms with E-state index in [4.69, 9.17) is 5.26 Å². The zero-order valence-corrected chi connectivity index (χ0v) is 12.3. The Bertz CT molecular complexity index is 637. The van der Waals surface area contributed by atoms with Crippen LogP contribution in [0, 0.1) is 11.3 Å². The summed E-state index contributed by atoms with van der Waals surface area (Å²) < 4.78 is 0. The van der Waals surface area contributed by atoms with Gasteiger partial charge in [-0.3, -0.25) is 9.59 Å². The SMILES string of the molecule is N#CCC(=O)N1CCC(NC(=O)c2cc(O)c(O)c(O)c2)CC1. The topological polar surface area (TPSA) is 134 Å². The van der Waals surface area contributed by atoms with Crippen molar-refractivity contribution in [3.63, 3.8) is 0 Å². The number of likely N-dealkylation sites (tertiary alicyclic amines) is 1. The molecule has 0 atom stereocenters. The molecule has 1 aromatic carbocycles. The number of phenols is 3. The minimum atomic E-state index is -0.675. The van der Waals surface area contributed by atoms with Crippen molar-refractivity contribution in [2.45, 2.75) is 25.3 Å². The molecule has 0 saturated carbocycles. The fourth-order valence-corrected chi connectivity index (χ4v) is 2.46. The number of nitrogens with one attached hydrogen (secondary N) is 1. The van der Waals surface area contributed by atoms with Crippen LogP contribution in [0.2, 0.25) is 0 Å². The van der Waals surface area contributed by atoms with Crippen LogP contribution in [0.4, 0.5) is 0 Å². The molecule has 2 amide bonds. The summed E-state index contributed by atoms with van der Waals surface area (Å²) in [5.74, 6) is -2.53. The van der Waals surface area contributed by atoms with Gasteiger partial charge in [0, 0.05) is 24.7 Å². The molecule has 0 aromatic heterocycles. The van der Waals surface area contributed by atoms with Crippen LogP contribution in [0.3, 0.4) is 0 Å². The summed E-state index contributed by atoms with van der Waals surface area (Å²) in [6, 6.07) is 3.80. The number of phenolic OH excluding ortho intramolecular Hbond substituents is 3. The van der Waals surface area contributed by atoms with Gasteiger partial charge in [-0.25, -0.2) is 0 Å². The van der Waals surface area contributed by atoms with E-state index in [9.17, 15) is 24.9 Å². The van der Waals surface area contributed by atoms with Gasteiger partial charge < -0.3 is 25.5 Å². The van der Waals surface area contributed by atoms with Gasteiger partial charge in [0.1, 0.15) is 6.42 Å². The molecule has 1 aliphatic heterocycles. The minimum Gasteiger partial charge on any atom is -0.504 e. The molecule has 0 aliphatic carbocycles. The fraction of sp³-hybridized carbons (Fsp3) is 0.400. The van der Waals surface area contributed by atoms with E-state index in [2.05, 4.69) is 5.32 Å². The lowest BCUT2D eigenvalue weighted by Crippen LogP contribution is -2.46. The summed E-state index contributed by atoms with van der Waals surface area (Å²) in [6.45, 7) is 0.912. The molecular formula is C15H17N3O5. The first-order valence-corrected chi connectivity index (χ1v) is 7.13. The third-order valence-electron chi connectivity index (χ3n) is 3.75. The Balaban J connectivity index is 1.93. The standard InChI is InChI=1S/C15H17N3O5/c16-4-1-13(21)18-5-2-10(3-6-18)17-15(23)9-7-11(19)14(22)12(20)8-9/h7-8,10,19-20,22H,1-3,5-6H2,(H,17,23). The van der Waals surface area contributed by atoms with Crippen LogP contribution < -0.4 is 5.32 Å². The molecule has 2 rings (SSSR count). The van der Waals surface area contributed by atoms with Gasteiger partial charge in [-0.05, 0) is 25.0 Å². The summed E-state index contributed by atoms with van der Waals surface area (Å²) >= 11 is 0. The summed E-state index contributed by atoms with van der Waals surface area (Å²) in [6.07, 6.45) is 0.959. The van der Waals surface area contributed by atoms with Crippen molar-refractivity contribution >= 4 is 11.8 Å². The molecule has 1 aromatic rings. The van der Waals surface area contributed by atoms with Crippen LogP contribution in [-0.4, -0.2) is 51.2 Å². The van der Waals surface area contributed by atoms with Crippen LogP contribution in [0.5, 0.6) is 17.2 Å². The van der Waals surface area contributed by atoms with Gasteiger partial charge in [0.25, 0.3) is 5.91 Å². The molecule has 8 nitrogen and oxygen atoms in total. The van der Waals surface area contributed by atoms with Crippen LogP contribution in [0.25, 0.3) is 0 Å². The van der Waals surface area contributed by atoms with Crippen molar-refractivity contribution in [2.24, 2.45) is 0 Å². The number of hydrogen-bond donors (Lipinski definition) is 4. The molecule has 23 heavy (non-hydrogen) atoms. The van der Waals surface area contributed by atoms with E-state index >= 15 is 0 Å². The second-order valence-electron chi connectivity index (χ2n) is 5.33. The van der Waals surface area contributed by atoms with Gasteiger partial charge in [-0.2, -0.15) is 5.26 Å². The predicted molar refractivity (Wildman–Crippen MR) is 78.7 cm³/mol. The maximum Gasteiger partial charge on any atom is 0.251 e. The molecule has 122 valence electrons. The number of piperidine rings is 1. The smallest absolute Gasteiger partial charge is 0.251 e. The average molecular weight is 319 g/mol. The Morgan fingerprint density at radius 1 is 1.22 bits per heavy atom. The Hall–Kier alpha value is -2.95. The zero-order chi connectivity index (χ0) is 17.0. The van der Waals surface area contributed by atoms with Gasteiger partial charge in [0.15, 0.2) is 17.2 Å². The van der Waals surface area contributed by atoms with E-state index in [0.29, 0.717) is 25.9 Å². The van der Waals surface area contributed by atoms with Crippen molar-refractivity contribution < 1.29 is 24.9 Å². The Morgan fingerprint density at radius 3 is 2.30 bits per heavy atom. The van der Waals surface area contributed by atoms with Gasteiger partial charge in [0.05, 0.1) is 6.07 Å². The van der Waals surface area contributed by atoms with Crippen molar-refractivity contribution in [3.8, 4) is 23.3 Å². The number of rotatable bonds is 3. The normalized spacial score (nSPS) is 15.0. The van der Waals surface area contributed by atoms with E-state index in [1.807, 2.05) is 6.07 Å². The maximum atomic E-state index is 12.1. The highest BCUT2D eigenvalue weighted by Crippen LogP contribution is 2.35. The van der Waals surface area contributed by atoms with Crippen LogP contribution in [-0.2, 0) is 4.79 Å². The lowest BCUT2D eigenvalue weighted by molar-refractivity contribution is -0.131. The average Bonchev–Trinajstić information content (AvgIpc) is 2.53. The van der Waals surface area contributed by atoms with E-state index in [-0.39, 0.29) is 23.9 Å². The molecular weight excluding hydrogens is 302 g/mol. The maximum absolute atomic E-state index is 12.1. The number of carbonyl (C=O) groups is 2. The third-order valence-corrected chi connectivity index (χ3v) is 3.75. The molecule has 4 N–H and O–H groups in total. The predicted octanol–water partition coefficient (Wildman–Crippen LogP) is 0.438. The number of amides is 2. The second kappa shape index (κ2) is 6.87. The summed E-state index contributed by atoms with van der Waals surface area (Å²) in [7, 11) is 0. The summed E-state index contributed by atoms with van der Waals surface area (Å²) in [4.78, 5) is 25.3. The highest BCUT2D eigenvalue weighted by atomic mass is 16.3. The van der Waals surface area contributed by atoms with Crippen molar-refractivity contribution in [3.05, 3.63) is 17.7 Å².